The minimum atomic E-state index is 0.119. The quantitative estimate of drug-likeness (QED) is 0.696. The van der Waals surface area contributed by atoms with Gasteiger partial charge in [0.1, 0.15) is 0 Å². The first-order valence-electron chi connectivity index (χ1n) is 6.49. The van der Waals surface area contributed by atoms with E-state index in [-0.39, 0.29) is 11.9 Å². The summed E-state index contributed by atoms with van der Waals surface area (Å²) in [6.07, 6.45) is 3.87. The monoisotopic (exact) mass is 226 g/mol. The minimum Gasteiger partial charge on any atom is -0.352 e. The largest absolute Gasteiger partial charge is 0.352 e. The van der Waals surface area contributed by atoms with Gasteiger partial charge in [0.25, 0.3) is 0 Å². The molecule has 1 saturated carbocycles. The molecule has 0 radical (unpaired) electrons. The van der Waals surface area contributed by atoms with E-state index < -0.39 is 0 Å². The molecule has 0 aromatic rings. The van der Waals surface area contributed by atoms with Crippen LogP contribution in [0.25, 0.3) is 0 Å². The average Bonchev–Trinajstić information content (AvgIpc) is 2.98. The van der Waals surface area contributed by atoms with Crippen molar-refractivity contribution in [3.05, 3.63) is 0 Å². The van der Waals surface area contributed by atoms with E-state index in [0.29, 0.717) is 17.9 Å². The van der Waals surface area contributed by atoms with Crippen LogP contribution in [-0.2, 0) is 4.79 Å². The number of rotatable bonds is 7. The summed E-state index contributed by atoms with van der Waals surface area (Å²) >= 11 is 0. The van der Waals surface area contributed by atoms with Gasteiger partial charge in [-0.1, -0.05) is 20.8 Å². The highest BCUT2D eigenvalue weighted by Crippen LogP contribution is 2.47. The number of carbonyl (C=O) groups is 1. The highest BCUT2D eigenvalue weighted by molar-refractivity contribution is 5.78. The Morgan fingerprint density at radius 2 is 1.94 bits per heavy atom. The van der Waals surface area contributed by atoms with Crippen LogP contribution in [-0.4, -0.2) is 25.0 Å². The third kappa shape index (κ3) is 4.12. The van der Waals surface area contributed by atoms with Crippen LogP contribution in [0.2, 0.25) is 0 Å². The molecule has 1 aliphatic rings. The number of amides is 1. The molecule has 1 rings (SSSR count). The summed E-state index contributed by atoms with van der Waals surface area (Å²) in [6.45, 7) is 9.97. The number of hydrogen-bond acceptors (Lipinski definition) is 2. The zero-order chi connectivity index (χ0) is 12.2. The van der Waals surface area contributed by atoms with E-state index in [1.54, 1.807) is 0 Å². The Kier molecular flexibility index (Phi) is 4.78. The van der Waals surface area contributed by atoms with E-state index in [1.165, 1.54) is 19.3 Å². The summed E-state index contributed by atoms with van der Waals surface area (Å²) in [5.74, 6) is 0.613. The Labute approximate surface area is 99.4 Å². The fraction of sp³-hybridized carbons (Fsp3) is 0.923. The van der Waals surface area contributed by atoms with Crippen LogP contribution < -0.4 is 10.6 Å². The summed E-state index contributed by atoms with van der Waals surface area (Å²) < 4.78 is 0. The molecule has 2 N–H and O–H groups in total. The summed E-state index contributed by atoms with van der Waals surface area (Å²) in [5, 5.41) is 6.27. The third-order valence-electron chi connectivity index (χ3n) is 3.88. The van der Waals surface area contributed by atoms with Gasteiger partial charge in [-0.25, -0.2) is 0 Å². The van der Waals surface area contributed by atoms with Gasteiger partial charge < -0.3 is 10.6 Å². The van der Waals surface area contributed by atoms with Crippen molar-refractivity contribution in [3.8, 4) is 0 Å². The Morgan fingerprint density at radius 1 is 1.31 bits per heavy atom. The van der Waals surface area contributed by atoms with Gasteiger partial charge in [-0.2, -0.15) is 0 Å². The van der Waals surface area contributed by atoms with E-state index in [4.69, 9.17) is 0 Å². The van der Waals surface area contributed by atoms with Crippen LogP contribution in [0.15, 0.2) is 0 Å². The van der Waals surface area contributed by atoms with E-state index in [2.05, 4.69) is 38.3 Å². The molecule has 0 bridgehead atoms. The van der Waals surface area contributed by atoms with Crippen LogP contribution in [0.5, 0.6) is 0 Å². The van der Waals surface area contributed by atoms with Crippen LogP contribution in [0, 0.1) is 11.3 Å². The Bertz CT molecular complexity index is 234. The zero-order valence-corrected chi connectivity index (χ0v) is 11.1. The molecule has 1 atom stereocenters. The molecule has 0 aliphatic heterocycles. The van der Waals surface area contributed by atoms with Crippen LogP contribution in [0.1, 0.15) is 47.0 Å². The molecule has 94 valence electrons. The topological polar surface area (TPSA) is 41.1 Å². The maximum atomic E-state index is 11.6. The maximum Gasteiger partial charge on any atom is 0.234 e. The number of carbonyl (C=O) groups excluding carboxylic acids is 1. The van der Waals surface area contributed by atoms with Gasteiger partial charge in [0.15, 0.2) is 0 Å². The molecule has 1 fully saturated rings. The molecular formula is C13H26N2O. The summed E-state index contributed by atoms with van der Waals surface area (Å²) in [7, 11) is 0. The molecule has 3 nitrogen and oxygen atoms in total. The van der Waals surface area contributed by atoms with Gasteiger partial charge in [0.05, 0.1) is 6.54 Å². The first-order chi connectivity index (χ1) is 7.49. The van der Waals surface area contributed by atoms with E-state index >= 15 is 0 Å². The van der Waals surface area contributed by atoms with Crippen LogP contribution in [0.3, 0.4) is 0 Å². The van der Waals surface area contributed by atoms with Crippen molar-refractivity contribution in [2.24, 2.45) is 11.3 Å². The van der Waals surface area contributed by atoms with Gasteiger partial charge in [0.2, 0.25) is 5.91 Å². The smallest absolute Gasteiger partial charge is 0.234 e. The van der Waals surface area contributed by atoms with Crippen molar-refractivity contribution < 1.29 is 4.79 Å². The lowest BCUT2D eigenvalue weighted by Gasteiger charge is -2.18. The molecule has 1 amide bonds. The second kappa shape index (κ2) is 5.67. The highest BCUT2D eigenvalue weighted by atomic mass is 16.1. The van der Waals surface area contributed by atoms with Crippen molar-refractivity contribution in [3.63, 3.8) is 0 Å². The van der Waals surface area contributed by atoms with Gasteiger partial charge in [-0.05, 0) is 37.5 Å². The first-order valence-corrected chi connectivity index (χ1v) is 6.49. The van der Waals surface area contributed by atoms with Crippen LogP contribution in [0.4, 0.5) is 0 Å². The third-order valence-corrected chi connectivity index (χ3v) is 3.88. The molecule has 1 unspecified atom stereocenters. The Morgan fingerprint density at radius 3 is 2.38 bits per heavy atom. The number of nitrogens with one attached hydrogen (secondary N) is 2. The zero-order valence-electron chi connectivity index (χ0n) is 11.1. The Balaban J connectivity index is 2.11. The molecule has 3 heteroatoms. The second-order valence-electron chi connectivity index (χ2n) is 5.56. The van der Waals surface area contributed by atoms with Crippen molar-refractivity contribution in [1.29, 1.82) is 0 Å². The summed E-state index contributed by atoms with van der Waals surface area (Å²) in [4.78, 5) is 11.6. The number of hydrogen-bond donors (Lipinski definition) is 2. The molecule has 0 aromatic carbocycles. The fourth-order valence-corrected chi connectivity index (χ4v) is 1.74. The SMILES string of the molecule is CCC1(CNCC(=O)NC(C)C(C)C)CC1. The molecule has 0 heterocycles. The van der Waals surface area contributed by atoms with Gasteiger partial charge in [-0.3, -0.25) is 4.79 Å². The van der Waals surface area contributed by atoms with Crippen molar-refractivity contribution in [2.45, 2.75) is 53.0 Å². The predicted molar refractivity (Wildman–Crippen MR) is 67.3 cm³/mol. The molecule has 0 aromatic heterocycles. The molecular weight excluding hydrogens is 200 g/mol. The van der Waals surface area contributed by atoms with Gasteiger partial charge in [-0.15, -0.1) is 0 Å². The predicted octanol–water partition coefficient (Wildman–Crippen LogP) is 1.93. The first kappa shape index (κ1) is 13.5. The molecule has 1 aliphatic carbocycles. The standard InChI is InChI=1S/C13H26N2O/c1-5-13(6-7-13)9-14-8-12(16)15-11(4)10(2)3/h10-11,14H,5-9H2,1-4H3,(H,15,16). The lowest BCUT2D eigenvalue weighted by atomic mass is 10.0. The molecule has 16 heavy (non-hydrogen) atoms. The van der Waals surface area contributed by atoms with Gasteiger partial charge >= 0.3 is 0 Å². The van der Waals surface area contributed by atoms with E-state index in [0.717, 1.165) is 6.54 Å². The van der Waals surface area contributed by atoms with Crippen molar-refractivity contribution in [1.82, 2.24) is 10.6 Å². The second-order valence-corrected chi connectivity index (χ2v) is 5.56. The lowest BCUT2D eigenvalue weighted by molar-refractivity contribution is -0.121. The highest BCUT2D eigenvalue weighted by Gasteiger charge is 2.39. The van der Waals surface area contributed by atoms with Crippen molar-refractivity contribution >= 4 is 5.91 Å². The van der Waals surface area contributed by atoms with E-state index in [1.807, 2.05) is 0 Å². The van der Waals surface area contributed by atoms with Crippen LogP contribution >= 0.6 is 0 Å². The molecule has 0 spiro atoms. The average molecular weight is 226 g/mol. The Hall–Kier alpha value is -0.570. The normalized spacial score (nSPS) is 19.6. The van der Waals surface area contributed by atoms with Crippen molar-refractivity contribution in [2.75, 3.05) is 13.1 Å². The summed E-state index contributed by atoms with van der Waals surface area (Å²) in [5.41, 5.74) is 0.518. The van der Waals surface area contributed by atoms with Gasteiger partial charge in [0, 0.05) is 12.6 Å². The maximum absolute atomic E-state index is 11.6. The fourth-order valence-electron chi connectivity index (χ4n) is 1.74. The lowest BCUT2D eigenvalue weighted by Crippen LogP contribution is -2.42. The van der Waals surface area contributed by atoms with E-state index in [9.17, 15) is 4.79 Å². The summed E-state index contributed by atoms with van der Waals surface area (Å²) in [6, 6.07) is 0.260. The molecule has 0 saturated heterocycles. The minimum absolute atomic E-state index is 0.119.